The molecule has 2 saturated heterocycles. The van der Waals surface area contributed by atoms with Crippen molar-refractivity contribution in [2.24, 2.45) is 0 Å². The van der Waals surface area contributed by atoms with Crippen LogP contribution in [0.25, 0.3) is 5.69 Å². The van der Waals surface area contributed by atoms with Crippen LogP contribution in [0.15, 0.2) is 53.1 Å². The standard InChI is InChI=1S/C32H41BrN6O4/c1-21-10-11-27(30(40)37-12-13-42-20-29(37)24-8-7-9-25(33)15-24)28(14-21)39-19-26(34-35-39)18-38-22(2)16-36(17-23(38)3)31(41)43-32(4,5)6/h7-11,14-15,19,22-23,29H,12-13,16-18,20H2,1-6H3/t22-,23+,29?. The molecule has 10 nitrogen and oxygen atoms in total. The molecule has 0 aliphatic carbocycles. The van der Waals surface area contributed by atoms with Crippen molar-refractivity contribution in [1.82, 2.24) is 29.7 Å². The minimum atomic E-state index is -0.531. The number of nitrogens with zero attached hydrogens (tertiary/aromatic N) is 6. The number of hydrogen-bond acceptors (Lipinski definition) is 7. The fourth-order valence-electron chi connectivity index (χ4n) is 5.82. The van der Waals surface area contributed by atoms with Crippen molar-refractivity contribution in [3.63, 3.8) is 0 Å². The summed E-state index contributed by atoms with van der Waals surface area (Å²) >= 11 is 3.56. The van der Waals surface area contributed by atoms with Crippen LogP contribution in [0.4, 0.5) is 4.79 Å². The van der Waals surface area contributed by atoms with Gasteiger partial charge in [-0.2, -0.15) is 0 Å². The second-order valence-corrected chi connectivity index (χ2v) is 13.5. The van der Waals surface area contributed by atoms with Gasteiger partial charge in [-0.25, -0.2) is 9.48 Å². The molecule has 3 aromatic rings. The highest BCUT2D eigenvalue weighted by Gasteiger charge is 2.35. The van der Waals surface area contributed by atoms with Crippen LogP contribution in [0.5, 0.6) is 0 Å². The van der Waals surface area contributed by atoms with Crippen LogP contribution < -0.4 is 0 Å². The number of carbonyl (C=O) groups excluding carboxylic acids is 2. The Bertz CT molecular complexity index is 1460. The molecule has 43 heavy (non-hydrogen) atoms. The van der Waals surface area contributed by atoms with Crippen LogP contribution in [0.3, 0.4) is 0 Å². The first-order valence-electron chi connectivity index (χ1n) is 14.8. The number of amides is 2. The van der Waals surface area contributed by atoms with E-state index in [0.717, 1.165) is 21.3 Å². The third kappa shape index (κ3) is 7.27. The summed E-state index contributed by atoms with van der Waals surface area (Å²) in [4.78, 5) is 32.8. The van der Waals surface area contributed by atoms with Gasteiger partial charge in [0.1, 0.15) is 5.60 Å². The summed E-state index contributed by atoms with van der Waals surface area (Å²) in [6.45, 7) is 15.0. The lowest BCUT2D eigenvalue weighted by molar-refractivity contribution is -0.00997. The van der Waals surface area contributed by atoms with Crippen molar-refractivity contribution in [2.75, 3.05) is 32.8 Å². The first-order valence-corrected chi connectivity index (χ1v) is 15.6. The molecule has 0 bridgehead atoms. The van der Waals surface area contributed by atoms with Crippen LogP contribution in [0, 0.1) is 6.92 Å². The average molecular weight is 654 g/mol. The molecule has 1 unspecified atom stereocenters. The Kier molecular flexibility index (Phi) is 9.24. The number of halogens is 1. The molecule has 2 aromatic carbocycles. The molecule has 0 saturated carbocycles. The first kappa shape index (κ1) is 31.2. The van der Waals surface area contributed by atoms with Gasteiger partial charge in [0.2, 0.25) is 0 Å². The number of morpholine rings is 1. The van der Waals surface area contributed by atoms with Crippen LogP contribution in [-0.2, 0) is 16.0 Å². The summed E-state index contributed by atoms with van der Waals surface area (Å²) in [5.41, 5.74) is 3.57. The van der Waals surface area contributed by atoms with E-state index in [4.69, 9.17) is 9.47 Å². The molecule has 3 atom stereocenters. The highest BCUT2D eigenvalue weighted by molar-refractivity contribution is 9.10. The molecule has 5 rings (SSSR count). The summed E-state index contributed by atoms with van der Waals surface area (Å²) in [7, 11) is 0. The van der Waals surface area contributed by atoms with Gasteiger partial charge in [-0.3, -0.25) is 9.69 Å². The summed E-state index contributed by atoms with van der Waals surface area (Å²) < 4.78 is 14.1. The summed E-state index contributed by atoms with van der Waals surface area (Å²) in [6, 6.07) is 13.8. The van der Waals surface area contributed by atoms with E-state index in [-0.39, 0.29) is 30.1 Å². The number of piperazine rings is 1. The molecule has 2 fully saturated rings. The van der Waals surface area contributed by atoms with Gasteiger partial charge in [0.15, 0.2) is 0 Å². The minimum Gasteiger partial charge on any atom is -0.444 e. The van der Waals surface area contributed by atoms with E-state index < -0.39 is 5.60 Å². The van der Waals surface area contributed by atoms with Gasteiger partial charge < -0.3 is 19.3 Å². The Morgan fingerprint density at radius 1 is 1.09 bits per heavy atom. The van der Waals surface area contributed by atoms with Crippen molar-refractivity contribution < 1.29 is 19.1 Å². The summed E-state index contributed by atoms with van der Waals surface area (Å²) in [5, 5.41) is 8.95. The lowest BCUT2D eigenvalue weighted by Gasteiger charge is -2.44. The molecule has 2 amide bonds. The normalized spacial score (nSPS) is 21.6. The molecule has 0 radical (unpaired) electrons. The SMILES string of the molecule is Cc1ccc(C(=O)N2CCOCC2c2cccc(Br)c2)c(-n2cc(CN3[C@H](C)CN(C(=O)OC(C)(C)C)C[C@@H]3C)nn2)c1. The molecular weight excluding hydrogens is 612 g/mol. The molecule has 0 spiro atoms. The monoisotopic (exact) mass is 652 g/mol. The Balaban J connectivity index is 1.34. The zero-order valence-electron chi connectivity index (χ0n) is 25.8. The number of benzene rings is 2. The van der Waals surface area contributed by atoms with E-state index >= 15 is 0 Å². The summed E-state index contributed by atoms with van der Waals surface area (Å²) in [5.74, 6) is -0.0687. The Morgan fingerprint density at radius 3 is 2.53 bits per heavy atom. The van der Waals surface area contributed by atoms with Gasteiger partial charge >= 0.3 is 6.09 Å². The molecule has 230 valence electrons. The van der Waals surface area contributed by atoms with E-state index in [0.29, 0.717) is 50.6 Å². The predicted octanol–water partition coefficient (Wildman–Crippen LogP) is 5.38. The van der Waals surface area contributed by atoms with E-state index in [1.54, 1.807) is 9.58 Å². The molecule has 3 heterocycles. The zero-order chi connectivity index (χ0) is 30.9. The lowest BCUT2D eigenvalue weighted by atomic mass is 10.0. The number of hydrogen-bond donors (Lipinski definition) is 0. The van der Waals surface area contributed by atoms with Gasteiger partial charge in [-0.1, -0.05) is 39.3 Å². The zero-order valence-corrected chi connectivity index (χ0v) is 27.4. The van der Waals surface area contributed by atoms with E-state index in [1.807, 2.05) is 81.3 Å². The number of ether oxygens (including phenoxy) is 2. The van der Waals surface area contributed by atoms with Crippen molar-refractivity contribution in [3.05, 3.63) is 75.5 Å². The van der Waals surface area contributed by atoms with Crippen LogP contribution in [-0.4, -0.2) is 92.2 Å². The highest BCUT2D eigenvalue weighted by Crippen LogP contribution is 2.30. The maximum absolute atomic E-state index is 14.1. The minimum absolute atomic E-state index is 0.0687. The van der Waals surface area contributed by atoms with Crippen molar-refractivity contribution in [3.8, 4) is 5.69 Å². The lowest BCUT2D eigenvalue weighted by Crippen LogP contribution is -2.58. The average Bonchev–Trinajstić information content (AvgIpc) is 3.42. The Hall–Kier alpha value is -3.28. The third-order valence-corrected chi connectivity index (χ3v) is 8.39. The molecule has 11 heteroatoms. The fourth-order valence-corrected chi connectivity index (χ4v) is 6.24. The van der Waals surface area contributed by atoms with Gasteiger partial charge in [-0.05, 0) is 76.9 Å². The third-order valence-electron chi connectivity index (χ3n) is 7.89. The second kappa shape index (κ2) is 12.8. The molecule has 0 N–H and O–H groups in total. The van der Waals surface area contributed by atoms with Crippen molar-refractivity contribution >= 4 is 27.9 Å². The number of aryl methyl sites for hydroxylation is 1. The number of rotatable bonds is 5. The highest BCUT2D eigenvalue weighted by atomic mass is 79.9. The van der Waals surface area contributed by atoms with Gasteiger partial charge in [-0.15, -0.1) is 5.10 Å². The largest absolute Gasteiger partial charge is 0.444 e. The van der Waals surface area contributed by atoms with Crippen LogP contribution >= 0.6 is 15.9 Å². The first-order chi connectivity index (χ1) is 20.4. The fraction of sp³-hybridized carbons (Fsp3) is 0.500. The van der Waals surface area contributed by atoms with Gasteiger partial charge in [0.25, 0.3) is 5.91 Å². The Labute approximate surface area is 262 Å². The summed E-state index contributed by atoms with van der Waals surface area (Å²) in [6.07, 6.45) is 1.62. The van der Waals surface area contributed by atoms with E-state index in [1.165, 1.54) is 0 Å². The van der Waals surface area contributed by atoms with Gasteiger partial charge in [0.05, 0.1) is 42.4 Å². The second-order valence-electron chi connectivity index (χ2n) is 12.6. The quantitative estimate of drug-likeness (QED) is 0.365. The van der Waals surface area contributed by atoms with Gasteiger partial charge in [0, 0.05) is 42.7 Å². The smallest absolute Gasteiger partial charge is 0.410 e. The molecule has 1 aromatic heterocycles. The number of aromatic nitrogens is 3. The van der Waals surface area contributed by atoms with E-state index in [9.17, 15) is 9.59 Å². The van der Waals surface area contributed by atoms with Crippen LogP contribution in [0.2, 0.25) is 0 Å². The molecular formula is C32H41BrN6O4. The number of carbonyl (C=O) groups is 2. The van der Waals surface area contributed by atoms with Crippen LogP contribution in [0.1, 0.15) is 67.8 Å². The van der Waals surface area contributed by atoms with E-state index in [2.05, 4.69) is 45.0 Å². The van der Waals surface area contributed by atoms with Crippen molar-refractivity contribution in [1.29, 1.82) is 0 Å². The maximum Gasteiger partial charge on any atom is 0.410 e. The maximum atomic E-state index is 14.1. The molecule has 2 aliphatic heterocycles. The Morgan fingerprint density at radius 2 is 1.84 bits per heavy atom. The van der Waals surface area contributed by atoms with Crippen molar-refractivity contribution in [2.45, 2.75) is 71.8 Å². The molecule has 2 aliphatic rings. The predicted molar refractivity (Wildman–Crippen MR) is 167 cm³/mol. The topological polar surface area (TPSA) is 93.0 Å².